The van der Waals surface area contributed by atoms with Gasteiger partial charge in [-0.15, -0.1) is 0 Å². The van der Waals surface area contributed by atoms with Gasteiger partial charge in [-0.05, 0) is 31.4 Å². The molecule has 0 amide bonds. The van der Waals surface area contributed by atoms with Crippen LogP contribution in [0.15, 0.2) is 10.6 Å². The third-order valence-electron chi connectivity index (χ3n) is 2.43. The highest BCUT2D eigenvalue weighted by Crippen LogP contribution is 2.19. The number of carbonyl (C=O) groups excluding carboxylic acids is 1. The van der Waals surface area contributed by atoms with Gasteiger partial charge in [0.1, 0.15) is 0 Å². The molecule has 0 aliphatic rings. The molecule has 0 fully saturated rings. The molecule has 0 aliphatic carbocycles. The molecule has 1 nitrogen and oxygen atoms in total. The molecule has 0 N–H and O–H groups in total. The molecule has 0 rings (SSSR count). The number of hydrogen-bond donors (Lipinski definition) is 0. The lowest BCUT2D eigenvalue weighted by molar-refractivity contribution is -0.108. The van der Waals surface area contributed by atoms with Crippen molar-refractivity contribution in [3.63, 3.8) is 0 Å². The maximum atomic E-state index is 11.0. The van der Waals surface area contributed by atoms with Gasteiger partial charge in [0.15, 0.2) is 0 Å². The predicted molar refractivity (Wildman–Crippen MR) is 67.4 cm³/mol. The van der Waals surface area contributed by atoms with Crippen LogP contribution in [0.4, 0.5) is 0 Å². The summed E-state index contributed by atoms with van der Waals surface area (Å²) >= 11 is 11.2. The lowest BCUT2D eigenvalue weighted by Crippen LogP contribution is -1.95. The smallest absolute Gasteiger partial charge is 0.249 e. The summed E-state index contributed by atoms with van der Waals surface area (Å²) < 4.78 is 0. The van der Waals surface area contributed by atoms with Crippen molar-refractivity contribution in [2.75, 3.05) is 0 Å². The van der Waals surface area contributed by atoms with E-state index in [9.17, 15) is 4.79 Å². The third kappa shape index (κ3) is 7.87. The number of allylic oxidation sites excluding steroid dienone is 2. The number of halogens is 2. The first-order valence-electron chi connectivity index (χ1n) is 5.64. The molecule has 0 saturated carbocycles. The van der Waals surface area contributed by atoms with Gasteiger partial charge in [0.05, 0.1) is 0 Å². The summed E-state index contributed by atoms with van der Waals surface area (Å²) in [5.74, 6) is 0. The minimum atomic E-state index is -0.406. The van der Waals surface area contributed by atoms with E-state index in [0.717, 1.165) is 12.8 Å². The predicted octanol–water partition coefficient (Wildman–Crippen LogP) is 5.02. The topological polar surface area (TPSA) is 17.1 Å². The molecule has 0 bridgehead atoms. The lowest BCUT2D eigenvalue weighted by atomic mass is 10.1. The van der Waals surface area contributed by atoms with Crippen LogP contribution in [0.3, 0.4) is 0 Å². The molecule has 0 heterocycles. The molecular formula is C12H20Cl2O. The van der Waals surface area contributed by atoms with Crippen molar-refractivity contribution in [3.8, 4) is 0 Å². The Labute approximate surface area is 103 Å². The molecule has 0 atom stereocenters. The Morgan fingerprint density at radius 1 is 1.00 bits per heavy atom. The molecular weight excluding hydrogens is 231 g/mol. The molecule has 0 aliphatic heterocycles. The van der Waals surface area contributed by atoms with Gasteiger partial charge in [0.2, 0.25) is 5.24 Å². The van der Waals surface area contributed by atoms with Gasteiger partial charge in [-0.25, -0.2) is 0 Å². The Bertz CT molecular complexity index is 218. The van der Waals surface area contributed by atoms with Crippen LogP contribution in [0.1, 0.15) is 58.8 Å². The maximum absolute atomic E-state index is 11.0. The summed E-state index contributed by atoms with van der Waals surface area (Å²) in [4.78, 5) is 11.0. The summed E-state index contributed by atoms with van der Waals surface area (Å²) in [6.07, 6.45) is 7.93. The zero-order chi connectivity index (χ0) is 11.7. The van der Waals surface area contributed by atoms with Crippen molar-refractivity contribution in [3.05, 3.63) is 10.6 Å². The minimum Gasteiger partial charge on any atom is -0.276 e. The second kappa shape index (κ2) is 9.23. The SMILES string of the molecule is CCCCCCCC/C(C(=O)Cl)=C(\C)Cl. The lowest BCUT2D eigenvalue weighted by Gasteiger charge is -2.03. The van der Waals surface area contributed by atoms with Crippen LogP contribution in [0.25, 0.3) is 0 Å². The fraction of sp³-hybridized carbons (Fsp3) is 0.750. The molecule has 0 radical (unpaired) electrons. The Kier molecular flexibility index (Phi) is 9.23. The maximum Gasteiger partial charge on any atom is 0.249 e. The Balaban J connectivity index is 3.66. The van der Waals surface area contributed by atoms with Gasteiger partial charge in [-0.3, -0.25) is 4.79 Å². The summed E-state index contributed by atoms with van der Waals surface area (Å²) in [7, 11) is 0. The molecule has 0 saturated heterocycles. The van der Waals surface area contributed by atoms with Crippen molar-refractivity contribution in [2.24, 2.45) is 0 Å². The zero-order valence-corrected chi connectivity index (χ0v) is 11.1. The monoisotopic (exact) mass is 250 g/mol. The zero-order valence-electron chi connectivity index (χ0n) is 9.61. The normalized spacial score (nSPS) is 12.5. The highest BCUT2D eigenvalue weighted by molar-refractivity contribution is 6.68. The summed E-state index contributed by atoms with van der Waals surface area (Å²) in [6.45, 7) is 3.91. The Hall–Kier alpha value is -0.0100. The van der Waals surface area contributed by atoms with Gasteiger partial charge in [-0.2, -0.15) is 0 Å². The van der Waals surface area contributed by atoms with E-state index in [1.807, 2.05) is 0 Å². The average Bonchev–Trinajstić information content (AvgIpc) is 2.15. The van der Waals surface area contributed by atoms with E-state index in [-0.39, 0.29) is 0 Å². The minimum absolute atomic E-state index is 0.406. The second-order valence-electron chi connectivity index (χ2n) is 3.80. The molecule has 15 heavy (non-hydrogen) atoms. The van der Waals surface area contributed by atoms with E-state index in [1.54, 1.807) is 6.92 Å². The van der Waals surface area contributed by atoms with Crippen molar-refractivity contribution in [1.82, 2.24) is 0 Å². The summed E-state index contributed by atoms with van der Waals surface area (Å²) in [5.41, 5.74) is 0.578. The molecule has 0 aromatic carbocycles. The fourth-order valence-corrected chi connectivity index (χ4v) is 1.95. The van der Waals surface area contributed by atoms with Crippen molar-refractivity contribution < 1.29 is 4.79 Å². The van der Waals surface area contributed by atoms with Crippen LogP contribution in [0, 0.1) is 0 Å². The molecule has 0 aromatic rings. The number of hydrogen-bond acceptors (Lipinski definition) is 1. The van der Waals surface area contributed by atoms with E-state index in [1.165, 1.54) is 25.7 Å². The second-order valence-corrected chi connectivity index (χ2v) is 4.71. The van der Waals surface area contributed by atoms with Crippen molar-refractivity contribution in [1.29, 1.82) is 0 Å². The number of carbonyl (C=O) groups is 1. The van der Waals surface area contributed by atoms with Crippen molar-refractivity contribution in [2.45, 2.75) is 58.8 Å². The highest BCUT2D eigenvalue weighted by atomic mass is 35.5. The first-order chi connectivity index (χ1) is 7.09. The van der Waals surface area contributed by atoms with Gasteiger partial charge in [-0.1, -0.05) is 50.6 Å². The van der Waals surface area contributed by atoms with Crippen LogP contribution >= 0.6 is 23.2 Å². The summed E-state index contributed by atoms with van der Waals surface area (Å²) in [5, 5.41) is 0.125. The first-order valence-corrected chi connectivity index (χ1v) is 6.40. The van der Waals surface area contributed by atoms with E-state index in [2.05, 4.69) is 6.92 Å². The van der Waals surface area contributed by atoms with Gasteiger partial charge in [0, 0.05) is 10.6 Å². The highest BCUT2D eigenvalue weighted by Gasteiger charge is 2.08. The van der Waals surface area contributed by atoms with E-state index in [4.69, 9.17) is 23.2 Å². The van der Waals surface area contributed by atoms with E-state index < -0.39 is 5.24 Å². The van der Waals surface area contributed by atoms with Crippen LogP contribution in [0.2, 0.25) is 0 Å². The molecule has 0 unspecified atom stereocenters. The van der Waals surface area contributed by atoms with Crippen LogP contribution in [-0.4, -0.2) is 5.24 Å². The van der Waals surface area contributed by atoms with E-state index >= 15 is 0 Å². The largest absolute Gasteiger partial charge is 0.276 e. The Morgan fingerprint density at radius 2 is 1.53 bits per heavy atom. The Morgan fingerprint density at radius 3 is 2.00 bits per heavy atom. The third-order valence-corrected chi connectivity index (χ3v) is 2.89. The van der Waals surface area contributed by atoms with Crippen LogP contribution in [-0.2, 0) is 4.79 Å². The molecule has 3 heteroatoms. The van der Waals surface area contributed by atoms with Crippen molar-refractivity contribution >= 4 is 28.4 Å². The first kappa shape index (κ1) is 15.0. The summed E-state index contributed by atoms with van der Waals surface area (Å²) in [6, 6.07) is 0. The van der Waals surface area contributed by atoms with Crippen LogP contribution in [0.5, 0.6) is 0 Å². The van der Waals surface area contributed by atoms with Gasteiger partial charge < -0.3 is 0 Å². The van der Waals surface area contributed by atoms with E-state index in [0.29, 0.717) is 17.0 Å². The quantitative estimate of drug-likeness (QED) is 0.336. The number of rotatable bonds is 8. The molecule has 0 spiro atoms. The molecule has 0 aromatic heterocycles. The average molecular weight is 251 g/mol. The number of unbranched alkanes of at least 4 members (excludes halogenated alkanes) is 5. The van der Waals surface area contributed by atoms with Crippen LogP contribution < -0.4 is 0 Å². The molecule has 88 valence electrons. The fourth-order valence-electron chi connectivity index (χ4n) is 1.49. The van der Waals surface area contributed by atoms with Gasteiger partial charge >= 0.3 is 0 Å². The van der Waals surface area contributed by atoms with Gasteiger partial charge in [0.25, 0.3) is 0 Å². The standard InChI is InChI=1S/C12H20Cl2O/c1-3-4-5-6-7-8-9-11(10(2)13)12(14)15/h3-9H2,1-2H3/b11-10-.